The molecule has 0 aliphatic rings. The lowest BCUT2D eigenvalue weighted by atomic mass is 10.2. The highest BCUT2D eigenvalue weighted by atomic mass is 16.6. The van der Waals surface area contributed by atoms with Crippen LogP contribution in [0.5, 0.6) is 5.75 Å². The second-order valence-electron chi connectivity index (χ2n) is 4.77. The summed E-state index contributed by atoms with van der Waals surface area (Å²) >= 11 is 0. The summed E-state index contributed by atoms with van der Waals surface area (Å²) in [6, 6.07) is 4.90. The molecule has 0 fully saturated rings. The molecule has 118 valence electrons. The molecular weight excluding hydrogens is 272 g/mol. The van der Waals surface area contributed by atoms with Gasteiger partial charge in [-0.2, -0.15) is 0 Å². The molecule has 0 heterocycles. The van der Waals surface area contributed by atoms with Gasteiger partial charge in [-0.25, -0.2) is 0 Å². The molecule has 0 aliphatic heterocycles. The summed E-state index contributed by atoms with van der Waals surface area (Å²) in [5, 5.41) is 14.2. The van der Waals surface area contributed by atoms with E-state index in [1.165, 1.54) is 6.07 Å². The zero-order valence-corrected chi connectivity index (χ0v) is 12.8. The normalized spacial score (nSPS) is 10.4. The van der Waals surface area contributed by atoms with Crippen molar-refractivity contribution in [2.24, 2.45) is 0 Å². The Labute approximate surface area is 125 Å². The summed E-state index contributed by atoms with van der Waals surface area (Å²) in [4.78, 5) is 10.5. The number of anilines is 1. The van der Waals surface area contributed by atoms with Crippen LogP contribution in [0.15, 0.2) is 18.2 Å². The number of ether oxygens (including phenoxy) is 2. The Morgan fingerprint density at radius 3 is 2.71 bits per heavy atom. The SMILES string of the molecule is CCCOc1cc(NCCCCCOC)ccc1[N+](=O)[O-]. The monoisotopic (exact) mass is 296 g/mol. The van der Waals surface area contributed by atoms with E-state index in [0.717, 1.165) is 44.5 Å². The fraction of sp³-hybridized carbons (Fsp3) is 0.600. The highest BCUT2D eigenvalue weighted by Crippen LogP contribution is 2.30. The standard InChI is InChI=1S/C15H24N2O4/c1-3-10-21-15-12-13(7-8-14(15)17(18)19)16-9-5-4-6-11-20-2/h7-8,12,16H,3-6,9-11H2,1-2H3. The van der Waals surface area contributed by atoms with Gasteiger partial charge in [0.2, 0.25) is 0 Å². The van der Waals surface area contributed by atoms with Crippen molar-refractivity contribution in [2.45, 2.75) is 32.6 Å². The minimum atomic E-state index is -0.417. The van der Waals surface area contributed by atoms with Gasteiger partial charge < -0.3 is 14.8 Å². The largest absolute Gasteiger partial charge is 0.487 e. The predicted octanol–water partition coefficient (Wildman–Crippen LogP) is 3.61. The Balaban J connectivity index is 2.52. The van der Waals surface area contributed by atoms with Gasteiger partial charge >= 0.3 is 5.69 Å². The van der Waals surface area contributed by atoms with Crippen molar-refractivity contribution in [3.8, 4) is 5.75 Å². The van der Waals surface area contributed by atoms with Crippen LogP contribution in [0.25, 0.3) is 0 Å². The quantitative estimate of drug-likeness (QED) is 0.383. The first-order valence-corrected chi connectivity index (χ1v) is 7.33. The van der Waals surface area contributed by atoms with Crippen LogP contribution in [0.1, 0.15) is 32.6 Å². The fourth-order valence-electron chi connectivity index (χ4n) is 1.88. The summed E-state index contributed by atoms with van der Waals surface area (Å²) < 4.78 is 10.4. The van der Waals surface area contributed by atoms with Crippen molar-refractivity contribution in [1.82, 2.24) is 0 Å². The number of unbranched alkanes of at least 4 members (excludes halogenated alkanes) is 2. The van der Waals surface area contributed by atoms with Crippen LogP contribution >= 0.6 is 0 Å². The summed E-state index contributed by atoms with van der Waals surface area (Å²) in [6.07, 6.45) is 3.98. The molecule has 0 aliphatic carbocycles. The number of nitro benzene ring substituents is 1. The molecule has 0 unspecified atom stereocenters. The molecule has 0 saturated carbocycles. The van der Waals surface area contributed by atoms with Gasteiger partial charge in [0.15, 0.2) is 5.75 Å². The molecule has 0 saturated heterocycles. The van der Waals surface area contributed by atoms with Gasteiger partial charge in [-0.05, 0) is 31.7 Å². The molecule has 0 radical (unpaired) electrons. The maximum Gasteiger partial charge on any atom is 0.311 e. The number of hydrogen-bond donors (Lipinski definition) is 1. The number of benzene rings is 1. The predicted molar refractivity (Wildman–Crippen MR) is 83.1 cm³/mol. The van der Waals surface area contributed by atoms with Gasteiger partial charge in [0, 0.05) is 38.1 Å². The maximum absolute atomic E-state index is 11.0. The van der Waals surface area contributed by atoms with Gasteiger partial charge in [-0.15, -0.1) is 0 Å². The topological polar surface area (TPSA) is 73.6 Å². The molecule has 6 heteroatoms. The number of methoxy groups -OCH3 is 1. The highest BCUT2D eigenvalue weighted by molar-refractivity contribution is 5.57. The Morgan fingerprint density at radius 1 is 1.24 bits per heavy atom. The van der Waals surface area contributed by atoms with Crippen molar-refractivity contribution in [1.29, 1.82) is 0 Å². The lowest BCUT2D eigenvalue weighted by Crippen LogP contribution is -2.04. The molecule has 1 rings (SSSR count). The molecule has 0 amide bonds. The lowest BCUT2D eigenvalue weighted by Gasteiger charge is -2.10. The van der Waals surface area contributed by atoms with Crippen LogP contribution in [-0.4, -0.2) is 31.8 Å². The van der Waals surface area contributed by atoms with E-state index in [-0.39, 0.29) is 5.69 Å². The third-order valence-corrected chi connectivity index (χ3v) is 2.97. The Bertz CT molecular complexity index is 438. The summed E-state index contributed by atoms with van der Waals surface area (Å²) in [6.45, 7) is 4.05. The van der Waals surface area contributed by atoms with E-state index in [1.54, 1.807) is 19.2 Å². The van der Waals surface area contributed by atoms with Crippen molar-refractivity contribution >= 4 is 11.4 Å². The Morgan fingerprint density at radius 2 is 2.05 bits per heavy atom. The summed E-state index contributed by atoms with van der Waals surface area (Å²) in [7, 11) is 1.70. The van der Waals surface area contributed by atoms with E-state index in [9.17, 15) is 10.1 Å². The van der Waals surface area contributed by atoms with E-state index in [1.807, 2.05) is 6.92 Å². The number of nitrogens with zero attached hydrogens (tertiary/aromatic N) is 1. The molecule has 1 N–H and O–H groups in total. The Hall–Kier alpha value is -1.82. The first-order chi connectivity index (χ1) is 10.2. The molecular formula is C15H24N2O4. The molecule has 0 bridgehead atoms. The minimum Gasteiger partial charge on any atom is -0.487 e. The van der Waals surface area contributed by atoms with Crippen molar-refractivity contribution in [2.75, 3.05) is 32.2 Å². The highest BCUT2D eigenvalue weighted by Gasteiger charge is 2.15. The summed E-state index contributed by atoms with van der Waals surface area (Å²) in [5.41, 5.74) is 0.854. The average Bonchev–Trinajstić information content (AvgIpc) is 2.48. The van der Waals surface area contributed by atoms with Crippen LogP contribution in [0, 0.1) is 10.1 Å². The minimum absolute atomic E-state index is 0.00842. The van der Waals surface area contributed by atoms with E-state index in [0.29, 0.717) is 12.4 Å². The van der Waals surface area contributed by atoms with Gasteiger partial charge in [0.1, 0.15) is 0 Å². The zero-order valence-electron chi connectivity index (χ0n) is 12.8. The van der Waals surface area contributed by atoms with Crippen LogP contribution in [0.4, 0.5) is 11.4 Å². The van der Waals surface area contributed by atoms with Crippen molar-refractivity contribution < 1.29 is 14.4 Å². The van der Waals surface area contributed by atoms with E-state index in [2.05, 4.69) is 5.32 Å². The Kier molecular flexibility index (Phi) is 8.19. The van der Waals surface area contributed by atoms with Crippen molar-refractivity contribution in [3.05, 3.63) is 28.3 Å². The molecule has 0 spiro atoms. The fourth-order valence-corrected chi connectivity index (χ4v) is 1.88. The van der Waals surface area contributed by atoms with E-state index in [4.69, 9.17) is 9.47 Å². The summed E-state index contributed by atoms with van der Waals surface area (Å²) in [5.74, 6) is 0.325. The molecule has 0 atom stereocenters. The molecule has 6 nitrogen and oxygen atoms in total. The zero-order chi connectivity index (χ0) is 15.5. The smallest absolute Gasteiger partial charge is 0.311 e. The van der Waals surface area contributed by atoms with Gasteiger partial charge in [-0.3, -0.25) is 10.1 Å². The van der Waals surface area contributed by atoms with Crippen molar-refractivity contribution in [3.63, 3.8) is 0 Å². The second kappa shape index (κ2) is 9.99. The number of nitrogens with one attached hydrogen (secondary N) is 1. The number of nitro groups is 1. The van der Waals surface area contributed by atoms with Gasteiger partial charge in [0.25, 0.3) is 0 Å². The van der Waals surface area contributed by atoms with E-state index < -0.39 is 4.92 Å². The number of hydrogen-bond acceptors (Lipinski definition) is 5. The van der Waals surface area contributed by atoms with Crippen LogP contribution in [-0.2, 0) is 4.74 Å². The third kappa shape index (κ3) is 6.44. The molecule has 1 aromatic carbocycles. The molecule has 0 aromatic heterocycles. The second-order valence-corrected chi connectivity index (χ2v) is 4.77. The third-order valence-electron chi connectivity index (χ3n) is 2.97. The average molecular weight is 296 g/mol. The lowest BCUT2D eigenvalue weighted by molar-refractivity contribution is -0.385. The first-order valence-electron chi connectivity index (χ1n) is 7.33. The van der Waals surface area contributed by atoms with Crippen LogP contribution < -0.4 is 10.1 Å². The van der Waals surface area contributed by atoms with E-state index >= 15 is 0 Å². The maximum atomic E-state index is 11.0. The molecule has 21 heavy (non-hydrogen) atoms. The van der Waals surface area contributed by atoms with Crippen LogP contribution in [0.3, 0.4) is 0 Å². The molecule has 1 aromatic rings. The van der Waals surface area contributed by atoms with Crippen LogP contribution in [0.2, 0.25) is 0 Å². The number of rotatable bonds is 11. The van der Waals surface area contributed by atoms with Gasteiger partial charge in [0.05, 0.1) is 11.5 Å². The first kappa shape index (κ1) is 17.2. The van der Waals surface area contributed by atoms with Gasteiger partial charge in [-0.1, -0.05) is 6.92 Å².